The van der Waals surface area contributed by atoms with Crippen LogP contribution in [0.5, 0.6) is 0 Å². The van der Waals surface area contributed by atoms with Gasteiger partial charge in [-0.1, -0.05) is 52.9 Å². The molecular formula is C21H22N4O5S3. The normalized spacial score (nSPS) is 11.1. The number of aromatic nitrogens is 2. The number of methoxy groups -OCH3 is 1. The van der Waals surface area contributed by atoms with Crippen LogP contribution in [-0.4, -0.2) is 49.9 Å². The number of benzene rings is 2. The van der Waals surface area contributed by atoms with Gasteiger partial charge in [-0.25, -0.2) is 8.42 Å². The van der Waals surface area contributed by atoms with Gasteiger partial charge in [0.1, 0.15) is 6.54 Å². The molecule has 0 saturated carbocycles. The van der Waals surface area contributed by atoms with Crippen LogP contribution < -0.4 is 9.62 Å². The van der Waals surface area contributed by atoms with Crippen molar-refractivity contribution in [2.24, 2.45) is 0 Å². The molecule has 3 aromatic rings. The molecule has 0 atom stereocenters. The van der Waals surface area contributed by atoms with Gasteiger partial charge in [0.25, 0.3) is 10.0 Å². The summed E-state index contributed by atoms with van der Waals surface area (Å²) in [5, 5.41) is 10.6. The Bertz CT molecular complexity index is 1240. The zero-order chi connectivity index (χ0) is 24.0. The summed E-state index contributed by atoms with van der Waals surface area (Å²) < 4.78 is 32.9. The van der Waals surface area contributed by atoms with Crippen molar-refractivity contribution < 1.29 is 22.7 Å². The molecule has 0 unspecified atom stereocenters. The zero-order valence-corrected chi connectivity index (χ0v) is 20.6. The highest BCUT2D eigenvalue weighted by atomic mass is 32.2. The minimum Gasteiger partial charge on any atom is -0.468 e. The maximum absolute atomic E-state index is 13.4. The second kappa shape index (κ2) is 10.8. The first-order chi connectivity index (χ1) is 15.7. The van der Waals surface area contributed by atoms with Crippen LogP contribution in [-0.2, 0) is 24.3 Å². The molecule has 1 heterocycles. The molecule has 0 aliphatic heterocycles. The number of nitrogens with zero attached hydrogens (tertiary/aromatic N) is 3. The molecular weight excluding hydrogens is 484 g/mol. The fourth-order valence-corrected chi connectivity index (χ4v) is 5.74. The van der Waals surface area contributed by atoms with Crippen molar-refractivity contribution in [3.05, 3.63) is 59.7 Å². The molecule has 1 N–H and O–H groups in total. The van der Waals surface area contributed by atoms with Crippen LogP contribution in [0.3, 0.4) is 0 Å². The number of esters is 1. The van der Waals surface area contributed by atoms with E-state index in [2.05, 4.69) is 20.3 Å². The Morgan fingerprint density at radius 3 is 2.48 bits per heavy atom. The summed E-state index contributed by atoms with van der Waals surface area (Å²) in [4.78, 5) is 24.1. The largest absolute Gasteiger partial charge is 0.468 e. The third-order valence-corrected chi connectivity index (χ3v) is 8.11. The average Bonchev–Trinajstić information content (AvgIpc) is 3.23. The Morgan fingerprint density at radius 2 is 1.82 bits per heavy atom. The van der Waals surface area contributed by atoms with Crippen molar-refractivity contribution in [3.63, 3.8) is 0 Å². The molecule has 0 saturated heterocycles. The molecule has 0 aliphatic carbocycles. The second-order valence-corrected chi connectivity index (χ2v) is 11.0. The van der Waals surface area contributed by atoms with Gasteiger partial charge in [0, 0.05) is 0 Å². The lowest BCUT2D eigenvalue weighted by atomic mass is 10.2. The number of hydrogen-bond donors (Lipinski definition) is 1. The van der Waals surface area contributed by atoms with E-state index in [9.17, 15) is 18.0 Å². The summed E-state index contributed by atoms with van der Waals surface area (Å²) >= 11 is 2.21. The van der Waals surface area contributed by atoms with Crippen molar-refractivity contribution in [3.8, 4) is 0 Å². The molecule has 33 heavy (non-hydrogen) atoms. The second-order valence-electron chi connectivity index (χ2n) is 6.95. The lowest BCUT2D eigenvalue weighted by Gasteiger charge is -2.24. The van der Waals surface area contributed by atoms with Crippen LogP contribution in [0, 0.1) is 13.8 Å². The Kier molecular flexibility index (Phi) is 8.06. The van der Waals surface area contributed by atoms with E-state index in [1.807, 2.05) is 19.9 Å². The summed E-state index contributed by atoms with van der Waals surface area (Å²) in [5.74, 6) is -0.918. The van der Waals surface area contributed by atoms with E-state index >= 15 is 0 Å². The fourth-order valence-electron chi connectivity index (χ4n) is 2.72. The predicted molar refractivity (Wildman–Crippen MR) is 128 cm³/mol. The molecule has 1 aromatic heterocycles. The zero-order valence-electron chi connectivity index (χ0n) is 18.1. The number of carbonyl (C=O) groups excluding carboxylic acids is 2. The van der Waals surface area contributed by atoms with E-state index < -0.39 is 28.4 Å². The number of anilines is 2. The first-order valence-corrected chi connectivity index (χ1v) is 12.9. The van der Waals surface area contributed by atoms with E-state index in [-0.39, 0.29) is 15.8 Å². The Morgan fingerprint density at radius 1 is 1.09 bits per heavy atom. The summed E-state index contributed by atoms with van der Waals surface area (Å²) in [6.07, 6.45) is 0. The highest BCUT2D eigenvalue weighted by molar-refractivity contribution is 8.01. The molecule has 2 aromatic carbocycles. The number of rotatable bonds is 9. The summed E-state index contributed by atoms with van der Waals surface area (Å²) in [6.45, 7) is 3.25. The minimum atomic E-state index is -4.01. The van der Waals surface area contributed by atoms with Crippen LogP contribution in [0.25, 0.3) is 0 Å². The summed E-state index contributed by atoms with van der Waals surface area (Å²) in [7, 11) is -2.72. The maximum Gasteiger partial charge on any atom is 0.316 e. The number of thioether (sulfide) groups is 1. The Balaban J connectivity index is 1.81. The van der Waals surface area contributed by atoms with Crippen molar-refractivity contribution >= 4 is 55.8 Å². The highest BCUT2D eigenvalue weighted by Crippen LogP contribution is 2.27. The Hall–Kier alpha value is -2.96. The van der Waals surface area contributed by atoms with Gasteiger partial charge < -0.3 is 4.74 Å². The van der Waals surface area contributed by atoms with Gasteiger partial charge in [0.05, 0.1) is 23.4 Å². The van der Waals surface area contributed by atoms with E-state index in [0.717, 1.165) is 38.5 Å². The third kappa shape index (κ3) is 6.53. The van der Waals surface area contributed by atoms with E-state index in [1.54, 1.807) is 30.3 Å². The molecule has 0 radical (unpaired) electrons. The first kappa shape index (κ1) is 24.7. The van der Waals surface area contributed by atoms with Gasteiger partial charge in [-0.05, 0) is 43.7 Å². The third-order valence-electron chi connectivity index (χ3n) is 4.38. The topological polar surface area (TPSA) is 119 Å². The average molecular weight is 507 g/mol. The molecule has 174 valence electrons. The smallest absolute Gasteiger partial charge is 0.316 e. The van der Waals surface area contributed by atoms with Crippen LogP contribution in [0.1, 0.15) is 11.1 Å². The molecule has 0 aliphatic rings. The lowest BCUT2D eigenvalue weighted by Crippen LogP contribution is -2.38. The number of carbonyl (C=O) groups is 2. The van der Waals surface area contributed by atoms with Crippen molar-refractivity contribution in [2.45, 2.75) is 23.1 Å². The number of ether oxygens (including phenoxy) is 1. The SMILES string of the molecule is COC(=O)CSc1nnc(NC(=O)CN(c2cccc(C)c2)S(=O)(=O)c2ccc(C)cc2)s1. The fraction of sp³-hybridized carbons (Fsp3) is 0.238. The monoisotopic (exact) mass is 506 g/mol. The number of aryl methyl sites for hydroxylation is 2. The van der Waals surface area contributed by atoms with Gasteiger partial charge in [-0.2, -0.15) is 0 Å². The van der Waals surface area contributed by atoms with Gasteiger partial charge in [-0.3, -0.25) is 19.2 Å². The predicted octanol–water partition coefficient (Wildman–Crippen LogP) is 3.25. The number of sulfonamides is 1. The molecule has 12 heteroatoms. The van der Waals surface area contributed by atoms with Crippen molar-refractivity contribution in [2.75, 3.05) is 29.0 Å². The number of amides is 1. The summed E-state index contributed by atoms with van der Waals surface area (Å²) in [5.41, 5.74) is 2.15. The van der Waals surface area contributed by atoms with E-state index in [0.29, 0.717) is 10.0 Å². The van der Waals surface area contributed by atoms with Crippen LogP contribution >= 0.6 is 23.1 Å². The van der Waals surface area contributed by atoms with E-state index in [1.165, 1.54) is 19.2 Å². The van der Waals surface area contributed by atoms with Gasteiger partial charge in [0.2, 0.25) is 11.0 Å². The molecule has 0 spiro atoms. The molecule has 9 nitrogen and oxygen atoms in total. The molecule has 1 amide bonds. The van der Waals surface area contributed by atoms with E-state index in [4.69, 9.17) is 0 Å². The minimum absolute atomic E-state index is 0.0645. The van der Waals surface area contributed by atoms with Gasteiger partial charge >= 0.3 is 5.97 Å². The molecule has 3 rings (SSSR count). The van der Waals surface area contributed by atoms with Gasteiger partial charge in [0.15, 0.2) is 4.34 Å². The lowest BCUT2D eigenvalue weighted by molar-refractivity contribution is -0.137. The van der Waals surface area contributed by atoms with Crippen LogP contribution in [0.4, 0.5) is 10.8 Å². The first-order valence-electron chi connectivity index (χ1n) is 9.68. The Labute approximate surface area is 200 Å². The van der Waals surface area contributed by atoms with Crippen LogP contribution in [0.2, 0.25) is 0 Å². The molecule has 0 fully saturated rings. The quantitative estimate of drug-likeness (QED) is 0.267. The van der Waals surface area contributed by atoms with Gasteiger partial charge in [-0.15, -0.1) is 10.2 Å². The van der Waals surface area contributed by atoms with Crippen molar-refractivity contribution in [1.82, 2.24) is 10.2 Å². The number of hydrogen-bond acceptors (Lipinski definition) is 9. The molecule has 0 bridgehead atoms. The standard InChI is InChI=1S/C21H22N4O5S3/c1-14-7-9-17(10-8-14)33(28,29)25(16-6-4-5-15(2)11-16)12-18(26)22-20-23-24-21(32-20)31-13-19(27)30-3/h4-11H,12-13H2,1-3H3,(H,22,23,26). The van der Waals surface area contributed by atoms with Crippen LogP contribution in [0.15, 0.2) is 57.8 Å². The maximum atomic E-state index is 13.4. The highest BCUT2D eigenvalue weighted by Gasteiger charge is 2.27. The van der Waals surface area contributed by atoms with Crippen molar-refractivity contribution in [1.29, 1.82) is 0 Å². The number of nitrogens with one attached hydrogen (secondary N) is 1. The summed E-state index contributed by atoms with van der Waals surface area (Å²) in [6, 6.07) is 13.4.